The minimum Gasteiger partial charge on any atom is -0.478 e. The molecule has 0 spiro atoms. The summed E-state index contributed by atoms with van der Waals surface area (Å²) in [5.74, 6) is -0.810. The first kappa shape index (κ1) is 28.1. The number of carbonyl (C=O) groups excluding carboxylic acids is 2. The van der Waals surface area contributed by atoms with E-state index in [1.54, 1.807) is 18.0 Å². The fourth-order valence-corrected chi connectivity index (χ4v) is 4.29. The smallest absolute Gasteiger partial charge is 0.331 e. The number of nitrogens with zero attached hydrogens (tertiary/aromatic N) is 2. The molecule has 0 aromatic carbocycles. The van der Waals surface area contributed by atoms with Crippen LogP contribution in [-0.2, 0) is 14.4 Å². The summed E-state index contributed by atoms with van der Waals surface area (Å²) in [6.07, 6.45) is 4.52. The van der Waals surface area contributed by atoms with Crippen molar-refractivity contribution in [3.8, 4) is 0 Å². The number of carboxylic acid groups (broad SMARTS) is 1. The number of amides is 2. The Kier molecular flexibility index (Phi) is 10.4. The van der Waals surface area contributed by atoms with Crippen LogP contribution < -0.4 is 5.32 Å². The van der Waals surface area contributed by atoms with Crippen molar-refractivity contribution in [3.05, 3.63) is 11.6 Å². The Bertz CT molecular complexity index is 694. The van der Waals surface area contributed by atoms with Crippen molar-refractivity contribution in [2.45, 2.75) is 92.8 Å². The average molecular weight is 452 g/mol. The lowest BCUT2D eigenvalue weighted by Crippen LogP contribution is -2.60. The van der Waals surface area contributed by atoms with Crippen LogP contribution in [0, 0.1) is 17.3 Å². The number of likely N-dealkylation sites (N-methyl/N-ethyl adjacent to an activating group) is 1. The number of hydrogen-bond acceptors (Lipinski definition) is 4. The molecule has 1 saturated heterocycles. The molecule has 3 atom stereocenters. The Morgan fingerprint density at radius 1 is 1.16 bits per heavy atom. The number of likely N-dealkylation sites (tertiary alicyclic amines) is 1. The highest BCUT2D eigenvalue weighted by Crippen LogP contribution is 2.25. The van der Waals surface area contributed by atoms with Gasteiger partial charge in [-0.2, -0.15) is 0 Å². The molecule has 0 aromatic rings. The summed E-state index contributed by atoms with van der Waals surface area (Å²) in [7, 11) is 1.69. The van der Waals surface area contributed by atoms with E-state index in [0.29, 0.717) is 5.92 Å². The summed E-state index contributed by atoms with van der Waals surface area (Å²) in [4.78, 5) is 42.1. The van der Waals surface area contributed by atoms with E-state index in [4.69, 9.17) is 0 Å². The fraction of sp³-hybridized carbons (Fsp3) is 0.800. The quantitative estimate of drug-likeness (QED) is 0.523. The molecule has 1 unspecified atom stereocenters. The lowest BCUT2D eigenvalue weighted by molar-refractivity contribution is -0.142. The zero-order chi connectivity index (χ0) is 24.8. The van der Waals surface area contributed by atoms with Gasteiger partial charge in [0.25, 0.3) is 0 Å². The third-order valence-electron chi connectivity index (χ3n) is 6.15. The van der Waals surface area contributed by atoms with Crippen LogP contribution in [0.1, 0.15) is 74.7 Å². The fourth-order valence-electron chi connectivity index (χ4n) is 4.29. The Balaban J connectivity index is 3.13. The summed E-state index contributed by atoms with van der Waals surface area (Å²) < 4.78 is 0. The average Bonchev–Trinajstić information content (AvgIpc) is 2.67. The highest BCUT2D eigenvalue weighted by molar-refractivity contribution is 5.91. The molecule has 2 N–H and O–H groups in total. The molecule has 32 heavy (non-hydrogen) atoms. The van der Waals surface area contributed by atoms with Crippen LogP contribution in [0.25, 0.3) is 0 Å². The van der Waals surface area contributed by atoms with Crippen LogP contribution >= 0.6 is 0 Å². The molecule has 0 bridgehead atoms. The van der Waals surface area contributed by atoms with E-state index in [1.165, 1.54) is 6.92 Å². The van der Waals surface area contributed by atoms with Crippen molar-refractivity contribution in [2.75, 3.05) is 20.1 Å². The van der Waals surface area contributed by atoms with Gasteiger partial charge in [0.2, 0.25) is 11.8 Å². The van der Waals surface area contributed by atoms with Crippen LogP contribution in [0.2, 0.25) is 0 Å². The maximum atomic E-state index is 13.6. The summed E-state index contributed by atoms with van der Waals surface area (Å²) in [6, 6.07) is -1.31. The second-order valence-electron chi connectivity index (χ2n) is 11.0. The molecule has 184 valence electrons. The normalized spacial score (nSPS) is 20.2. The zero-order valence-corrected chi connectivity index (χ0v) is 21.6. The van der Waals surface area contributed by atoms with E-state index in [1.807, 2.05) is 34.6 Å². The van der Waals surface area contributed by atoms with Crippen molar-refractivity contribution in [3.63, 3.8) is 0 Å². The predicted octanol–water partition coefficient (Wildman–Crippen LogP) is 3.54. The molecule has 0 aromatic heterocycles. The van der Waals surface area contributed by atoms with Gasteiger partial charge in [0.05, 0.1) is 12.1 Å². The zero-order valence-electron chi connectivity index (χ0n) is 21.6. The highest BCUT2D eigenvalue weighted by atomic mass is 16.4. The van der Waals surface area contributed by atoms with E-state index >= 15 is 0 Å². The van der Waals surface area contributed by atoms with Crippen LogP contribution in [-0.4, -0.2) is 71.0 Å². The Labute approximate surface area is 194 Å². The summed E-state index contributed by atoms with van der Waals surface area (Å²) >= 11 is 0. The van der Waals surface area contributed by atoms with Gasteiger partial charge >= 0.3 is 5.97 Å². The largest absolute Gasteiger partial charge is 0.478 e. The highest BCUT2D eigenvalue weighted by Gasteiger charge is 2.39. The van der Waals surface area contributed by atoms with Crippen molar-refractivity contribution < 1.29 is 19.5 Å². The second-order valence-corrected chi connectivity index (χ2v) is 11.0. The lowest BCUT2D eigenvalue weighted by atomic mass is 9.84. The molecule has 0 aliphatic carbocycles. The van der Waals surface area contributed by atoms with E-state index in [2.05, 4.69) is 24.1 Å². The van der Waals surface area contributed by atoms with Gasteiger partial charge in [0, 0.05) is 19.2 Å². The molecule has 7 heteroatoms. The molecule has 0 saturated carbocycles. The SMILES string of the molecule is C/C(=C\[C@H](C(C)C)N(C)C(=O)C(NC(=O)[C@H]1CCCCN1CC(C)C)C(C)(C)C)C(=O)O. The van der Waals surface area contributed by atoms with Crippen molar-refractivity contribution >= 4 is 17.8 Å². The summed E-state index contributed by atoms with van der Waals surface area (Å²) in [6.45, 7) is 17.3. The van der Waals surface area contributed by atoms with Gasteiger partial charge < -0.3 is 15.3 Å². The third kappa shape index (κ3) is 7.91. The van der Waals surface area contributed by atoms with Gasteiger partial charge in [-0.3, -0.25) is 14.5 Å². The summed E-state index contributed by atoms with van der Waals surface area (Å²) in [5, 5.41) is 12.4. The molecule has 7 nitrogen and oxygen atoms in total. The van der Waals surface area contributed by atoms with Gasteiger partial charge in [-0.15, -0.1) is 0 Å². The van der Waals surface area contributed by atoms with Gasteiger partial charge in [-0.25, -0.2) is 4.79 Å². The number of aliphatic carboxylic acids is 1. The standard InChI is InChI=1S/C25H45N3O4/c1-16(2)15-28-13-11-10-12-19(28)22(29)26-21(25(6,7)8)23(30)27(9)20(17(3)4)14-18(5)24(31)32/h14,16-17,19-21H,10-13,15H2,1-9H3,(H,26,29)(H,31,32)/b18-14+/t19-,20-,21?/m1/s1. The first-order chi connectivity index (χ1) is 14.7. The first-order valence-corrected chi connectivity index (χ1v) is 11.9. The number of hydrogen-bond donors (Lipinski definition) is 2. The van der Waals surface area contributed by atoms with Crippen LogP contribution in [0.15, 0.2) is 11.6 Å². The van der Waals surface area contributed by atoms with Crippen LogP contribution in [0.4, 0.5) is 0 Å². The minimum atomic E-state index is -1.00. The van der Waals surface area contributed by atoms with Crippen LogP contribution in [0.3, 0.4) is 0 Å². The maximum absolute atomic E-state index is 13.6. The molecule has 2 amide bonds. The molecule has 1 fully saturated rings. The van der Waals surface area contributed by atoms with Gasteiger partial charge in [0.15, 0.2) is 0 Å². The molecule has 1 rings (SSSR count). The lowest BCUT2D eigenvalue weighted by Gasteiger charge is -2.40. The van der Waals surface area contributed by atoms with Crippen molar-refractivity contribution in [2.24, 2.45) is 17.3 Å². The molecular formula is C25H45N3O4. The van der Waals surface area contributed by atoms with Gasteiger partial charge in [0.1, 0.15) is 6.04 Å². The van der Waals surface area contributed by atoms with E-state index < -0.39 is 17.4 Å². The number of rotatable bonds is 9. The molecule has 1 aliphatic rings. The first-order valence-electron chi connectivity index (χ1n) is 11.9. The number of carbonyl (C=O) groups is 3. The summed E-state index contributed by atoms with van der Waals surface area (Å²) in [5.41, 5.74) is -0.294. The van der Waals surface area contributed by atoms with E-state index in [0.717, 1.165) is 32.4 Å². The third-order valence-corrected chi connectivity index (χ3v) is 6.15. The van der Waals surface area contributed by atoms with E-state index in [-0.39, 0.29) is 35.4 Å². The maximum Gasteiger partial charge on any atom is 0.331 e. The van der Waals surface area contributed by atoms with Gasteiger partial charge in [-0.05, 0) is 43.6 Å². The molecule has 1 aliphatic heterocycles. The molecule has 1 heterocycles. The van der Waals surface area contributed by atoms with Crippen molar-refractivity contribution in [1.29, 1.82) is 0 Å². The van der Waals surface area contributed by atoms with E-state index in [9.17, 15) is 19.5 Å². The molecule has 0 radical (unpaired) electrons. The monoisotopic (exact) mass is 451 g/mol. The Morgan fingerprint density at radius 2 is 1.75 bits per heavy atom. The molecular weight excluding hydrogens is 406 g/mol. The topological polar surface area (TPSA) is 90.0 Å². The number of nitrogens with one attached hydrogen (secondary N) is 1. The van der Waals surface area contributed by atoms with Gasteiger partial charge in [-0.1, -0.05) is 61.0 Å². The predicted molar refractivity (Wildman–Crippen MR) is 128 cm³/mol. The number of carboxylic acids is 1. The Morgan fingerprint density at radius 3 is 2.22 bits per heavy atom. The Hall–Kier alpha value is -1.89. The second kappa shape index (κ2) is 11.8. The number of piperidine rings is 1. The van der Waals surface area contributed by atoms with Crippen molar-refractivity contribution in [1.82, 2.24) is 15.1 Å². The van der Waals surface area contributed by atoms with Crippen LogP contribution in [0.5, 0.6) is 0 Å². The minimum absolute atomic E-state index is 0.0226.